The lowest BCUT2D eigenvalue weighted by atomic mass is 10.1. The van der Waals surface area contributed by atoms with Gasteiger partial charge in [0.25, 0.3) is 0 Å². The predicted molar refractivity (Wildman–Crippen MR) is 82.2 cm³/mol. The third kappa shape index (κ3) is 2.62. The fraction of sp³-hybridized carbons (Fsp3) is 0.333. The van der Waals surface area contributed by atoms with Crippen molar-refractivity contribution in [3.63, 3.8) is 0 Å². The van der Waals surface area contributed by atoms with Crippen molar-refractivity contribution in [2.75, 3.05) is 23.5 Å². The van der Waals surface area contributed by atoms with Crippen LogP contribution in [0, 0.1) is 0 Å². The Morgan fingerprint density at radius 1 is 1.33 bits per heavy atom. The summed E-state index contributed by atoms with van der Waals surface area (Å²) >= 11 is 0. The van der Waals surface area contributed by atoms with Crippen molar-refractivity contribution in [1.29, 1.82) is 0 Å². The van der Waals surface area contributed by atoms with Crippen LogP contribution in [0.3, 0.4) is 0 Å². The molecule has 0 fully saturated rings. The number of nitrogens with zero attached hydrogens (tertiary/aromatic N) is 3. The summed E-state index contributed by atoms with van der Waals surface area (Å²) in [6, 6.07) is 8.11. The van der Waals surface area contributed by atoms with E-state index < -0.39 is 0 Å². The first-order valence-electron chi connectivity index (χ1n) is 7.09. The fourth-order valence-electron chi connectivity index (χ4n) is 2.63. The molecule has 0 amide bonds. The number of nitrogens with two attached hydrogens (primary N) is 1. The zero-order valence-electron chi connectivity index (χ0n) is 12.0. The lowest BCUT2D eigenvalue weighted by molar-refractivity contribution is 0.331. The van der Waals surface area contributed by atoms with Crippen molar-refractivity contribution >= 4 is 11.6 Å². The van der Waals surface area contributed by atoms with Gasteiger partial charge in [-0.15, -0.1) is 0 Å². The Morgan fingerprint density at radius 2 is 2.19 bits per heavy atom. The number of nitrogens with one attached hydrogen (secondary N) is 1. The molecule has 2 heterocycles. The second-order valence-corrected chi connectivity index (χ2v) is 4.90. The van der Waals surface area contributed by atoms with Crippen LogP contribution < -0.4 is 20.9 Å². The van der Waals surface area contributed by atoms with Crippen molar-refractivity contribution in [3.05, 3.63) is 41.7 Å². The zero-order valence-corrected chi connectivity index (χ0v) is 12.0. The van der Waals surface area contributed by atoms with Gasteiger partial charge in [-0.25, -0.2) is 15.8 Å². The van der Waals surface area contributed by atoms with Crippen molar-refractivity contribution in [2.45, 2.75) is 19.9 Å². The molecule has 0 atom stereocenters. The Bertz CT molecular complexity index is 631. The fourth-order valence-corrected chi connectivity index (χ4v) is 2.63. The second-order valence-electron chi connectivity index (χ2n) is 4.90. The van der Waals surface area contributed by atoms with Gasteiger partial charge >= 0.3 is 0 Å². The summed E-state index contributed by atoms with van der Waals surface area (Å²) in [5.74, 6) is 8.10. The van der Waals surface area contributed by atoms with E-state index in [2.05, 4.69) is 33.3 Å². The number of hydrazine groups is 1. The molecule has 0 radical (unpaired) electrons. The minimum atomic E-state index is 0.634. The van der Waals surface area contributed by atoms with Crippen molar-refractivity contribution in [2.24, 2.45) is 5.84 Å². The van der Waals surface area contributed by atoms with E-state index in [4.69, 9.17) is 10.6 Å². The van der Waals surface area contributed by atoms with Crippen LogP contribution in [-0.2, 0) is 13.0 Å². The molecule has 1 aromatic heterocycles. The molecule has 0 bridgehead atoms. The number of hydrogen-bond acceptors (Lipinski definition) is 6. The van der Waals surface area contributed by atoms with Gasteiger partial charge in [0.1, 0.15) is 30.3 Å². The highest BCUT2D eigenvalue weighted by Crippen LogP contribution is 2.29. The van der Waals surface area contributed by atoms with Crippen LogP contribution in [0.5, 0.6) is 5.75 Å². The van der Waals surface area contributed by atoms with Gasteiger partial charge in [-0.1, -0.05) is 25.1 Å². The third-order valence-electron chi connectivity index (χ3n) is 3.67. The molecule has 3 N–H and O–H groups in total. The molecular formula is C15H19N5O. The summed E-state index contributed by atoms with van der Waals surface area (Å²) in [7, 11) is 0. The van der Waals surface area contributed by atoms with E-state index in [1.807, 2.05) is 18.2 Å². The van der Waals surface area contributed by atoms with Crippen LogP contribution in [-0.4, -0.2) is 23.1 Å². The van der Waals surface area contributed by atoms with Crippen LogP contribution in [0.15, 0.2) is 30.6 Å². The van der Waals surface area contributed by atoms with E-state index in [0.717, 1.165) is 42.2 Å². The van der Waals surface area contributed by atoms with Crippen molar-refractivity contribution in [3.8, 4) is 5.75 Å². The molecule has 0 aliphatic carbocycles. The normalized spacial score (nSPS) is 14.1. The summed E-state index contributed by atoms with van der Waals surface area (Å²) in [5, 5.41) is 0. The highest BCUT2D eigenvalue weighted by molar-refractivity contribution is 5.59. The van der Waals surface area contributed by atoms with Crippen LogP contribution in [0.2, 0.25) is 0 Å². The van der Waals surface area contributed by atoms with Crippen LogP contribution in [0.4, 0.5) is 11.6 Å². The maximum Gasteiger partial charge on any atom is 0.148 e. The van der Waals surface area contributed by atoms with E-state index in [1.165, 1.54) is 0 Å². The van der Waals surface area contributed by atoms with Gasteiger partial charge in [0.2, 0.25) is 0 Å². The quantitative estimate of drug-likeness (QED) is 0.660. The van der Waals surface area contributed by atoms with E-state index in [9.17, 15) is 0 Å². The number of ether oxygens (including phenoxy) is 1. The van der Waals surface area contributed by atoms with E-state index in [-0.39, 0.29) is 0 Å². The number of anilines is 2. The van der Waals surface area contributed by atoms with Gasteiger partial charge in [0.15, 0.2) is 0 Å². The minimum absolute atomic E-state index is 0.634. The molecule has 0 saturated heterocycles. The van der Waals surface area contributed by atoms with Gasteiger partial charge in [-0.3, -0.25) is 0 Å². The first-order valence-corrected chi connectivity index (χ1v) is 7.09. The molecule has 3 rings (SSSR count). The average molecular weight is 285 g/mol. The van der Waals surface area contributed by atoms with Gasteiger partial charge in [0, 0.05) is 17.7 Å². The Morgan fingerprint density at radius 3 is 3.00 bits per heavy atom. The SMILES string of the molecule is CCc1c(NN)ncnc1N1CCOc2ccccc2C1. The third-order valence-corrected chi connectivity index (χ3v) is 3.67. The highest BCUT2D eigenvalue weighted by atomic mass is 16.5. The standard InChI is InChI=1S/C15H19N5O/c1-2-12-14(19-16)17-10-18-15(12)20-7-8-21-13-6-4-3-5-11(13)9-20/h3-6,10H,2,7-9,16H2,1H3,(H,17,18,19). The number of fused-ring (bicyclic) bond motifs is 1. The Hall–Kier alpha value is -2.34. The monoisotopic (exact) mass is 285 g/mol. The van der Waals surface area contributed by atoms with Crippen LogP contribution in [0.1, 0.15) is 18.1 Å². The summed E-state index contributed by atoms with van der Waals surface area (Å²) in [4.78, 5) is 10.9. The minimum Gasteiger partial charge on any atom is -0.491 e. The first kappa shape index (κ1) is 13.6. The average Bonchev–Trinajstić information content (AvgIpc) is 2.76. The van der Waals surface area contributed by atoms with E-state index >= 15 is 0 Å². The molecule has 1 aliphatic rings. The van der Waals surface area contributed by atoms with Gasteiger partial charge in [-0.2, -0.15) is 0 Å². The Kier molecular flexibility index (Phi) is 3.87. The summed E-state index contributed by atoms with van der Waals surface area (Å²) in [6.45, 7) is 4.26. The lowest BCUT2D eigenvalue weighted by Crippen LogP contribution is -2.28. The van der Waals surface area contributed by atoms with E-state index in [0.29, 0.717) is 12.4 Å². The zero-order chi connectivity index (χ0) is 14.7. The molecule has 1 aromatic carbocycles. The molecule has 2 aromatic rings. The predicted octanol–water partition coefficient (Wildman–Crippen LogP) is 1.72. The molecule has 6 nitrogen and oxygen atoms in total. The molecule has 0 spiro atoms. The Labute approximate surface area is 123 Å². The summed E-state index contributed by atoms with van der Waals surface area (Å²) in [6.07, 6.45) is 2.36. The number of rotatable bonds is 3. The number of para-hydroxylation sites is 1. The maximum atomic E-state index is 5.80. The number of benzene rings is 1. The molecule has 0 saturated carbocycles. The number of aromatic nitrogens is 2. The molecular weight excluding hydrogens is 266 g/mol. The van der Waals surface area contributed by atoms with Crippen molar-refractivity contribution < 1.29 is 4.74 Å². The largest absolute Gasteiger partial charge is 0.491 e. The van der Waals surface area contributed by atoms with Gasteiger partial charge in [0.05, 0.1) is 6.54 Å². The smallest absolute Gasteiger partial charge is 0.148 e. The molecule has 6 heteroatoms. The lowest BCUT2D eigenvalue weighted by Gasteiger charge is -2.24. The topological polar surface area (TPSA) is 76.3 Å². The molecule has 110 valence electrons. The van der Waals surface area contributed by atoms with Gasteiger partial charge < -0.3 is 15.1 Å². The summed E-state index contributed by atoms with van der Waals surface area (Å²) < 4.78 is 5.80. The van der Waals surface area contributed by atoms with Crippen LogP contribution >= 0.6 is 0 Å². The molecule has 1 aliphatic heterocycles. The van der Waals surface area contributed by atoms with Gasteiger partial charge in [-0.05, 0) is 12.5 Å². The molecule has 21 heavy (non-hydrogen) atoms. The van der Waals surface area contributed by atoms with Crippen LogP contribution in [0.25, 0.3) is 0 Å². The summed E-state index contributed by atoms with van der Waals surface area (Å²) in [5.41, 5.74) is 4.84. The van der Waals surface area contributed by atoms with E-state index in [1.54, 1.807) is 6.33 Å². The number of hydrogen-bond donors (Lipinski definition) is 2. The highest BCUT2D eigenvalue weighted by Gasteiger charge is 2.20. The second kappa shape index (κ2) is 5.97. The molecule has 0 unspecified atom stereocenters. The maximum absolute atomic E-state index is 5.80. The number of nitrogen functional groups attached to an aromatic ring is 1. The van der Waals surface area contributed by atoms with Crippen molar-refractivity contribution in [1.82, 2.24) is 9.97 Å². The first-order chi connectivity index (χ1) is 10.3. The Balaban J connectivity index is 1.98.